The summed E-state index contributed by atoms with van der Waals surface area (Å²) in [6.45, 7) is 0.183. The predicted molar refractivity (Wildman–Crippen MR) is 56.5 cm³/mol. The highest BCUT2D eigenvalue weighted by Crippen LogP contribution is 2.23. The molecule has 0 aliphatic carbocycles. The maximum absolute atomic E-state index is 11.2. The van der Waals surface area contributed by atoms with E-state index in [9.17, 15) is 9.90 Å². The molecule has 5 heteroatoms. The lowest BCUT2D eigenvalue weighted by atomic mass is 10.3. The summed E-state index contributed by atoms with van der Waals surface area (Å²) in [5, 5.41) is 9.67. The van der Waals surface area contributed by atoms with Crippen LogP contribution in [0.15, 0.2) is 12.1 Å². The molecule has 0 amide bonds. The van der Waals surface area contributed by atoms with Crippen LogP contribution in [-0.4, -0.2) is 22.8 Å². The average Bonchev–Trinajstić information content (AvgIpc) is 2.64. The molecule has 0 aromatic carbocycles. The lowest BCUT2D eigenvalue weighted by Gasteiger charge is -2.02. The van der Waals surface area contributed by atoms with Crippen LogP contribution in [0.25, 0.3) is 0 Å². The number of aliphatic hydroxyl groups excluding tert-OH is 1. The molecule has 72 valence electrons. The molecule has 0 aliphatic heterocycles. The van der Waals surface area contributed by atoms with Crippen molar-refractivity contribution in [1.29, 1.82) is 0 Å². The van der Waals surface area contributed by atoms with Gasteiger partial charge in [0.05, 0.1) is 10.2 Å². The normalized spacial score (nSPS) is 12.8. The number of hydrogen-bond donors (Lipinski definition) is 2. The molecule has 0 bridgehead atoms. The summed E-state index contributed by atoms with van der Waals surface area (Å²) in [7, 11) is 0. The number of nitrogens with two attached hydrogens (primary N) is 1. The number of alkyl halides is 1. The summed E-state index contributed by atoms with van der Waals surface area (Å²) in [4.78, 5) is 12.6. The first-order chi connectivity index (χ1) is 6.19. The third kappa shape index (κ3) is 2.60. The van der Waals surface area contributed by atoms with Gasteiger partial charge in [0.25, 0.3) is 0 Å². The van der Waals surface area contributed by atoms with Gasteiger partial charge in [-0.1, -0.05) is 15.9 Å². The molecular formula is C8H10BrNO2S. The van der Waals surface area contributed by atoms with Crippen LogP contribution in [-0.2, 0) is 0 Å². The monoisotopic (exact) mass is 263 g/mol. The summed E-state index contributed by atoms with van der Waals surface area (Å²) < 4.78 is 0. The molecule has 0 spiro atoms. The minimum Gasteiger partial charge on any atom is -0.386 e. The Hall–Kier alpha value is -0.230. The number of carbonyl (C=O) groups is 1. The Morgan fingerprint density at radius 1 is 1.69 bits per heavy atom. The van der Waals surface area contributed by atoms with Crippen LogP contribution in [0.3, 0.4) is 0 Å². The van der Waals surface area contributed by atoms with E-state index in [2.05, 4.69) is 15.9 Å². The Morgan fingerprint density at radius 2 is 2.38 bits per heavy atom. The molecule has 0 aliphatic rings. The topological polar surface area (TPSA) is 63.3 Å². The van der Waals surface area contributed by atoms with Crippen LogP contribution >= 0.6 is 27.3 Å². The lowest BCUT2D eigenvalue weighted by molar-refractivity contribution is 0.102. The van der Waals surface area contributed by atoms with Crippen molar-refractivity contribution in [3.63, 3.8) is 0 Å². The van der Waals surface area contributed by atoms with E-state index in [1.807, 2.05) is 0 Å². The summed E-state index contributed by atoms with van der Waals surface area (Å²) in [5.41, 5.74) is 5.28. The molecule has 1 rings (SSSR count). The molecule has 3 nitrogen and oxygen atoms in total. The number of ketones is 1. The highest BCUT2D eigenvalue weighted by Gasteiger charge is 2.11. The zero-order chi connectivity index (χ0) is 9.84. The standard InChI is InChI=1S/C8H10BrNO2S/c9-3-5(11)7-1-2-8(13-7)6(12)4-10/h1-2,6,12H,3-4,10H2. The molecule has 1 unspecified atom stereocenters. The second-order valence-corrected chi connectivity index (χ2v) is 4.19. The van der Waals surface area contributed by atoms with Gasteiger partial charge in [-0.25, -0.2) is 0 Å². The van der Waals surface area contributed by atoms with Crippen molar-refractivity contribution in [3.8, 4) is 0 Å². The summed E-state index contributed by atoms with van der Waals surface area (Å²) >= 11 is 4.37. The smallest absolute Gasteiger partial charge is 0.183 e. The Morgan fingerprint density at radius 3 is 2.92 bits per heavy atom. The van der Waals surface area contributed by atoms with E-state index in [0.29, 0.717) is 10.2 Å². The summed E-state index contributed by atoms with van der Waals surface area (Å²) in [6, 6.07) is 3.44. The van der Waals surface area contributed by atoms with Gasteiger partial charge in [-0.2, -0.15) is 0 Å². The quantitative estimate of drug-likeness (QED) is 0.636. The van der Waals surface area contributed by atoms with Crippen molar-refractivity contribution < 1.29 is 9.90 Å². The summed E-state index contributed by atoms with van der Waals surface area (Å²) in [5.74, 6) is 0.0282. The molecule has 1 heterocycles. The van der Waals surface area contributed by atoms with Crippen molar-refractivity contribution in [2.75, 3.05) is 11.9 Å². The van der Waals surface area contributed by atoms with E-state index >= 15 is 0 Å². The fourth-order valence-electron chi connectivity index (χ4n) is 0.864. The van der Waals surface area contributed by atoms with Crippen molar-refractivity contribution in [1.82, 2.24) is 0 Å². The van der Waals surface area contributed by atoms with Gasteiger partial charge in [-0.3, -0.25) is 4.79 Å². The largest absolute Gasteiger partial charge is 0.386 e. The number of halogens is 1. The van der Waals surface area contributed by atoms with Crippen LogP contribution in [0.2, 0.25) is 0 Å². The van der Waals surface area contributed by atoms with E-state index in [-0.39, 0.29) is 12.3 Å². The van der Waals surface area contributed by atoms with Crippen molar-refractivity contribution in [2.45, 2.75) is 6.10 Å². The first-order valence-corrected chi connectivity index (χ1v) is 5.70. The Balaban J connectivity index is 2.80. The van der Waals surface area contributed by atoms with E-state index < -0.39 is 6.10 Å². The molecular weight excluding hydrogens is 254 g/mol. The number of aliphatic hydroxyl groups is 1. The molecule has 1 aromatic rings. The molecule has 0 saturated heterocycles. The maximum Gasteiger partial charge on any atom is 0.183 e. The second kappa shape index (κ2) is 4.85. The fourth-order valence-corrected chi connectivity index (χ4v) is 2.30. The minimum absolute atomic E-state index is 0.0282. The molecule has 1 atom stereocenters. The van der Waals surface area contributed by atoms with E-state index in [1.54, 1.807) is 12.1 Å². The summed E-state index contributed by atoms with van der Waals surface area (Å²) in [6.07, 6.45) is -0.651. The lowest BCUT2D eigenvalue weighted by Crippen LogP contribution is -2.09. The number of thiophene rings is 1. The van der Waals surface area contributed by atoms with Crippen LogP contribution in [0.5, 0.6) is 0 Å². The highest BCUT2D eigenvalue weighted by atomic mass is 79.9. The van der Waals surface area contributed by atoms with Gasteiger partial charge < -0.3 is 10.8 Å². The number of rotatable bonds is 4. The van der Waals surface area contributed by atoms with Gasteiger partial charge in [0.1, 0.15) is 6.10 Å². The second-order valence-electron chi connectivity index (χ2n) is 2.51. The van der Waals surface area contributed by atoms with E-state index in [1.165, 1.54) is 11.3 Å². The van der Waals surface area contributed by atoms with Crippen LogP contribution in [0.1, 0.15) is 20.7 Å². The first-order valence-electron chi connectivity index (χ1n) is 3.76. The maximum atomic E-state index is 11.2. The van der Waals surface area contributed by atoms with Gasteiger partial charge in [0, 0.05) is 11.4 Å². The zero-order valence-corrected chi connectivity index (χ0v) is 9.27. The first kappa shape index (κ1) is 10.8. The highest BCUT2D eigenvalue weighted by molar-refractivity contribution is 9.09. The minimum atomic E-state index is -0.651. The predicted octanol–water partition coefficient (Wildman–Crippen LogP) is 1.32. The van der Waals surface area contributed by atoms with Crippen LogP contribution in [0.4, 0.5) is 0 Å². The molecule has 13 heavy (non-hydrogen) atoms. The fraction of sp³-hybridized carbons (Fsp3) is 0.375. The van der Waals surface area contributed by atoms with Crippen molar-refractivity contribution >= 4 is 33.0 Å². The number of hydrogen-bond acceptors (Lipinski definition) is 4. The Bertz CT molecular complexity index is 300. The van der Waals surface area contributed by atoms with Crippen molar-refractivity contribution in [3.05, 3.63) is 21.9 Å². The van der Waals surface area contributed by atoms with E-state index in [0.717, 1.165) is 4.88 Å². The molecule has 0 radical (unpaired) electrons. The molecule has 0 fully saturated rings. The molecule has 1 aromatic heterocycles. The van der Waals surface area contributed by atoms with Crippen LogP contribution < -0.4 is 5.73 Å². The molecule has 3 N–H and O–H groups in total. The third-order valence-electron chi connectivity index (χ3n) is 1.57. The Kier molecular flexibility index (Phi) is 4.05. The van der Waals surface area contributed by atoms with Crippen molar-refractivity contribution in [2.24, 2.45) is 5.73 Å². The van der Waals surface area contributed by atoms with Gasteiger partial charge in [-0.05, 0) is 12.1 Å². The van der Waals surface area contributed by atoms with Gasteiger partial charge in [-0.15, -0.1) is 11.3 Å². The average molecular weight is 264 g/mol. The van der Waals surface area contributed by atoms with Gasteiger partial charge >= 0.3 is 0 Å². The SMILES string of the molecule is NCC(O)c1ccc(C(=O)CBr)s1. The number of Topliss-reactive ketones (excluding diaryl/α,β-unsaturated/α-hetero) is 1. The Labute approximate surface area is 88.7 Å². The van der Waals surface area contributed by atoms with Gasteiger partial charge in [0.2, 0.25) is 0 Å². The van der Waals surface area contributed by atoms with Crippen LogP contribution in [0, 0.1) is 0 Å². The van der Waals surface area contributed by atoms with E-state index in [4.69, 9.17) is 5.73 Å². The molecule has 0 saturated carbocycles. The number of carbonyl (C=O) groups excluding carboxylic acids is 1. The van der Waals surface area contributed by atoms with Gasteiger partial charge in [0.15, 0.2) is 5.78 Å². The third-order valence-corrected chi connectivity index (χ3v) is 3.31. The zero-order valence-electron chi connectivity index (χ0n) is 6.87.